The van der Waals surface area contributed by atoms with Gasteiger partial charge in [0.2, 0.25) is 5.88 Å². The molecule has 0 spiro atoms. The molecule has 0 radical (unpaired) electrons. The summed E-state index contributed by atoms with van der Waals surface area (Å²) in [4.78, 5) is 8.93. The molecule has 2 rings (SSSR count). The van der Waals surface area contributed by atoms with Crippen LogP contribution in [0.4, 0.5) is 5.82 Å². The molecule has 0 amide bonds. The number of hydrogen-bond donors (Lipinski definition) is 1. The van der Waals surface area contributed by atoms with E-state index in [0.717, 1.165) is 18.1 Å². The highest BCUT2D eigenvalue weighted by molar-refractivity contribution is 5.39. The van der Waals surface area contributed by atoms with Gasteiger partial charge in [-0.1, -0.05) is 26.2 Å². The first kappa shape index (κ1) is 15.0. The van der Waals surface area contributed by atoms with Gasteiger partial charge in [-0.05, 0) is 12.8 Å². The normalized spacial score (nSPS) is 16.1. The summed E-state index contributed by atoms with van der Waals surface area (Å²) in [5.74, 6) is 2.33. The molecule has 0 aromatic carbocycles. The molecule has 0 aliphatic heterocycles. The molecule has 1 aliphatic carbocycles. The Balaban J connectivity index is 2.00. The van der Waals surface area contributed by atoms with Crippen molar-refractivity contribution in [2.45, 2.75) is 51.5 Å². The molecule has 1 heterocycles. The third kappa shape index (κ3) is 4.63. The third-order valence-electron chi connectivity index (χ3n) is 3.56. The van der Waals surface area contributed by atoms with Crippen LogP contribution in [0.3, 0.4) is 0 Å². The maximum Gasteiger partial charge on any atom is 0.218 e. The van der Waals surface area contributed by atoms with Gasteiger partial charge < -0.3 is 14.8 Å². The lowest BCUT2D eigenvalue weighted by Crippen LogP contribution is -2.23. The Morgan fingerprint density at radius 3 is 2.70 bits per heavy atom. The summed E-state index contributed by atoms with van der Waals surface area (Å²) >= 11 is 0. The summed E-state index contributed by atoms with van der Waals surface area (Å²) in [7, 11) is 1.66. The van der Waals surface area contributed by atoms with Crippen LogP contribution in [0.2, 0.25) is 0 Å². The predicted molar refractivity (Wildman–Crippen MR) is 79.3 cm³/mol. The maximum absolute atomic E-state index is 5.60. The Hall–Kier alpha value is -1.36. The molecule has 1 fully saturated rings. The summed E-state index contributed by atoms with van der Waals surface area (Å²) in [5, 5.41) is 3.52. The highest BCUT2D eigenvalue weighted by Crippen LogP contribution is 2.22. The molecule has 1 aliphatic rings. The zero-order valence-corrected chi connectivity index (χ0v) is 12.5. The van der Waals surface area contributed by atoms with Crippen molar-refractivity contribution in [1.29, 1.82) is 0 Å². The van der Waals surface area contributed by atoms with Gasteiger partial charge in [0.15, 0.2) is 0 Å². The van der Waals surface area contributed by atoms with Gasteiger partial charge in [-0.25, -0.2) is 4.98 Å². The minimum Gasteiger partial charge on any atom is -0.475 e. The van der Waals surface area contributed by atoms with E-state index in [1.54, 1.807) is 7.11 Å². The minimum atomic E-state index is 0.513. The number of anilines is 1. The number of ether oxygens (including phenoxy) is 2. The summed E-state index contributed by atoms with van der Waals surface area (Å²) < 4.78 is 10.6. The quantitative estimate of drug-likeness (QED) is 0.778. The van der Waals surface area contributed by atoms with Crippen LogP contribution in [0.5, 0.6) is 5.88 Å². The van der Waals surface area contributed by atoms with Crippen molar-refractivity contribution in [3.05, 3.63) is 11.9 Å². The van der Waals surface area contributed by atoms with Gasteiger partial charge in [-0.2, -0.15) is 4.98 Å². The molecule has 112 valence electrons. The van der Waals surface area contributed by atoms with Gasteiger partial charge in [0, 0.05) is 25.6 Å². The van der Waals surface area contributed by atoms with E-state index in [0.29, 0.717) is 25.1 Å². The van der Waals surface area contributed by atoms with Crippen LogP contribution in [0.15, 0.2) is 6.07 Å². The van der Waals surface area contributed by atoms with E-state index in [-0.39, 0.29) is 0 Å². The molecule has 20 heavy (non-hydrogen) atoms. The molecule has 1 saturated carbocycles. The zero-order valence-electron chi connectivity index (χ0n) is 12.5. The number of nitrogens with one attached hydrogen (secondary N) is 1. The molecule has 5 nitrogen and oxygen atoms in total. The monoisotopic (exact) mass is 279 g/mol. The molecule has 1 N–H and O–H groups in total. The number of rotatable bonds is 7. The van der Waals surface area contributed by atoms with Crippen molar-refractivity contribution in [3.63, 3.8) is 0 Å². The fourth-order valence-electron chi connectivity index (χ4n) is 2.46. The first-order valence-corrected chi connectivity index (χ1v) is 7.58. The van der Waals surface area contributed by atoms with E-state index in [2.05, 4.69) is 22.2 Å². The fourth-order valence-corrected chi connectivity index (χ4v) is 2.46. The lowest BCUT2D eigenvalue weighted by molar-refractivity contribution is 0.143. The highest BCUT2D eigenvalue weighted by Gasteiger charge is 2.14. The molecule has 5 heteroatoms. The molecule has 1 aromatic heterocycles. The molecule has 0 bridgehead atoms. The summed E-state index contributed by atoms with van der Waals surface area (Å²) in [6.07, 6.45) is 7.23. The van der Waals surface area contributed by atoms with E-state index in [4.69, 9.17) is 9.47 Å². The lowest BCUT2D eigenvalue weighted by atomic mass is 9.95. The molecular weight excluding hydrogens is 254 g/mol. The van der Waals surface area contributed by atoms with Gasteiger partial charge in [0.05, 0.1) is 6.61 Å². The van der Waals surface area contributed by atoms with Crippen LogP contribution < -0.4 is 10.1 Å². The molecular formula is C15H25N3O2. The molecule has 0 saturated heterocycles. The summed E-state index contributed by atoms with van der Waals surface area (Å²) in [6.45, 7) is 3.13. The Labute approximate surface area is 121 Å². The van der Waals surface area contributed by atoms with Crippen molar-refractivity contribution in [2.24, 2.45) is 0 Å². The number of aromatic nitrogens is 2. The Kier molecular flexibility index (Phi) is 6.05. The van der Waals surface area contributed by atoms with Gasteiger partial charge >= 0.3 is 0 Å². The van der Waals surface area contributed by atoms with Gasteiger partial charge in [-0.15, -0.1) is 0 Å². The SMILES string of the molecule is CCc1nc(NC2CCCCC2)cc(OCCOC)n1. The average molecular weight is 279 g/mol. The topological polar surface area (TPSA) is 56.3 Å². The van der Waals surface area contributed by atoms with Crippen LogP contribution >= 0.6 is 0 Å². The summed E-state index contributed by atoms with van der Waals surface area (Å²) in [6, 6.07) is 2.43. The first-order chi connectivity index (χ1) is 9.81. The number of nitrogens with zero attached hydrogens (tertiary/aromatic N) is 2. The fraction of sp³-hybridized carbons (Fsp3) is 0.733. The first-order valence-electron chi connectivity index (χ1n) is 7.58. The van der Waals surface area contributed by atoms with Crippen molar-refractivity contribution < 1.29 is 9.47 Å². The predicted octanol–water partition coefficient (Wildman–Crippen LogP) is 2.81. The van der Waals surface area contributed by atoms with Gasteiger partial charge in [0.25, 0.3) is 0 Å². The summed E-state index contributed by atoms with van der Waals surface area (Å²) in [5.41, 5.74) is 0. The second-order valence-corrected chi connectivity index (χ2v) is 5.18. The standard InChI is InChI=1S/C15H25N3O2/c1-3-13-17-14(16-12-7-5-4-6-8-12)11-15(18-13)20-10-9-19-2/h11-12H,3-10H2,1-2H3,(H,16,17,18). The third-order valence-corrected chi connectivity index (χ3v) is 3.56. The minimum absolute atomic E-state index is 0.513. The lowest BCUT2D eigenvalue weighted by Gasteiger charge is -2.23. The maximum atomic E-state index is 5.60. The van der Waals surface area contributed by atoms with Gasteiger partial charge in [0.1, 0.15) is 18.2 Å². The second kappa shape index (κ2) is 8.04. The van der Waals surface area contributed by atoms with Crippen LogP contribution in [0, 0.1) is 0 Å². The van der Waals surface area contributed by atoms with Crippen LogP contribution in [0.1, 0.15) is 44.9 Å². The Morgan fingerprint density at radius 2 is 2.00 bits per heavy atom. The van der Waals surface area contributed by atoms with Gasteiger partial charge in [-0.3, -0.25) is 0 Å². The second-order valence-electron chi connectivity index (χ2n) is 5.18. The van der Waals surface area contributed by atoms with Crippen LogP contribution in [0.25, 0.3) is 0 Å². The molecule has 0 unspecified atom stereocenters. The number of hydrogen-bond acceptors (Lipinski definition) is 5. The van der Waals surface area contributed by atoms with Crippen molar-refractivity contribution >= 4 is 5.82 Å². The van der Waals surface area contributed by atoms with Crippen molar-refractivity contribution in [3.8, 4) is 5.88 Å². The average Bonchev–Trinajstić information content (AvgIpc) is 2.48. The number of methoxy groups -OCH3 is 1. The van der Waals surface area contributed by atoms with E-state index in [1.165, 1.54) is 32.1 Å². The molecule has 0 atom stereocenters. The van der Waals surface area contributed by atoms with E-state index >= 15 is 0 Å². The van der Waals surface area contributed by atoms with Crippen molar-refractivity contribution in [1.82, 2.24) is 9.97 Å². The zero-order chi connectivity index (χ0) is 14.2. The largest absolute Gasteiger partial charge is 0.475 e. The van der Waals surface area contributed by atoms with Crippen LogP contribution in [-0.4, -0.2) is 36.3 Å². The van der Waals surface area contributed by atoms with E-state index in [1.807, 2.05) is 6.07 Å². The Morgan fingerprint density at radius 1 is 1.20 bits per heavy atom. The Bertz CT molecular complexity index is 406. The molecule has 1 aromatic rings. The van der Waals surface area contributed by atoms with E-state index < -0.39 is 0 Å². The highest BCUT2D eigenvalue weighted by atomic mass is 16.5. The van der Waals surface area contributed by atoms with E-state index in [9.17, 15) is 0 Å². The van der Waals surface area contributed by atoms with Crippen molar-refractivity contribution in [2.75, 3.05) is 25.6 Å². The van der Waals surface area contributed by atoms with Crippen LogP contribution in [-0.2, 0) is 11.2 Å². The smallest absolute Gasteiger partial charge is 0.218 e. The number of aryl methyl sites for hydroxylation is 1.